The van der Waals surface area contributed by atoms with E-state index in [4.69, 9.17) is 8.94 Å². The smallest absolute Gasteiger partial charge is 0.349 e. The molecule has 0 bridgehead atoms. The molecular weight excluding hydrogens is 365 g/mol. The summed E-state index contributed by atoms with van der Waals surface area (Å²) in [6.45, 7) is 1.63. The van der Waals surface area contributed by atoms with Crippen LogP contribution in [0.5, 0.6) is 0 Å². The number of fused-ring (bicyclic) bond motifs is 1. The molecule has 2 heterocycles. The summed E-state index contributed by atoms with van der Waals surface area (Å²) in [4.78, 5) is 28.8. The van der Waals surface area contributed by atoms with Crippen LogP contribution in [0.3, 0.4) is 0 Å². The summed E-state index contributed by atoms with van der Waals surface area (Å²) in [5.74, 6) is -0.732. The number of rotatable bonds is 4. The largest absolute Gasteiger partial charge is 0.422 e. The number of amides is 1. The van der Waals surface area contributed by atoms with E-state index in [1.165, 1.54) is 24.3 Å². The Bertz CT molecular complexity index is 1230. The normalized spacial score (nSPS) is 12.1. The van der Waals surface area contributed by atoms with E-state index in [0.717, 1.165) is 0 Å². The quantitative estimate of drug-likeness (QED) is 0.545. The number of hydrogen-bond donors (Lipinski definition) is 1. The molecule has 1 amide bonds. The van der Waals surface area contributed by atoms with Crippen LogP contribution in [0.4, 0.5) is 4.39 Å². The molecule has 2 aromatic carbocycles. The van der Waals surface area contributed by atoms with Crippen LogP contribution in [0, 0.1) is 5.82 Å². The van der Waals surface area contributed by atoms with Gasteiger partial charge in [0.2, 0.25) is 11.7 Å². The predicted octanol–water partition coefficient (Wildman–Crippen LogP) is 3.47. The molecule has 2 aromatic heterocycles. The number of hydrogen-bond acceptors (Lipinski definition) is 6. The zero-order chi connectivity index (χ0) is 19.7. The Morgan fingerprint density at radius 2 is 1.96 bits per heavy atom. The minimum Gasteiger partial charge on any atom is -0.422 e. The third-order valence-corrected chi connectivity index (χ3v) is 4.13. The fourth-order valence-corrected chi connectivity index (χ4v) is 2.71. The number of para-hydroxylation sites is 1. The fraction of sp³-hybridized carbons (Fsp3) is 0.100. The Hall–Kier alpha value is -3.81. The summed E-state index contributed by atoms with van der Waals surface area (Å²) in [7, 11) is 0. The first-order valence-electron chi connectivity index (χ1n) is 8.44. The fourth-order valence-electron chi connectivity index (χ4n) is 2.71. The molecule has 0 saturated heterocycles. The number of halogens is 1. The summed E-state index contributed by atoms with van der Waals surface area (Å²) in [5.41, 5.74) is -0.0257. The van der Waals surface area contributed by atoms with Gasteiger partial charge in [0.1, 0.15) is 23.0 Å². The lowest BCUT2D eigenvalue weighted by Gasteiger charge is -2.09. The highest BCUT2D eigenvalue weighted by atomic mass is 19.1. The lowest BCUT2D eigenvalue weighted by atomic mass is 10.1. The van der Waals surface area contributed by atoms with Crippen molar-refractivity contribution in [3.05, 3.63) is 82.3 Å². The van der Waals surface area contributed by atoms with Gasteiger partial charge in [-0.05, 0) is 31.2 Å². The highest BCUT2D eigenvalue weighted by Crippen LogP contribution is 2.20. The number of carbonyl (C=O) groups excluding carboxylic acids is 1. The van der Waals surface area contributed by atoms with Crippen LogP contribution in [0.2, 0.25) is 0 Å². The van der Waals surface area contributed by atoms with Gasteiger partial charge in [-0.25, -0.2) is 9.18 Å². The molecule has 1 N–H and O–H groups in total. The number of nitrogens with one attached hydrogen (secondary N) is 1. The third kappa shape index (κ3) is 3.39. The lowest BCUT2D eigenvalue weighted by Crippen LogP contribution is -2.30. The highest BCUT2D eigenvalue weighted by molar-refractivity contribution is 5.96. The molecule has 1 atom stereocenters. The molecule has 0 radical (unpaired) electrons. The van der Waals surface area contributed by atoms with Crippen LogP contribution >= 0.6 is 0 Å². The van der Waals surface area contributed by atoms with Crippen LogP contribution < -0.4 is 10.9 Å². The van der Waals surface area contributed by atoms with Crippen molar-refractivity contribution in [3.63, 3.8) is 0 Å². The van der Waals surface area contributed by atoms with Crippen molar-refractivity contribution in [2.75, 3.05) is 0 Å². The molecule has 8 heteroatoms. The Balaban J connectivity index is 1.55. The lowest BCUT2D eigenvalue weighted by molar-refractivity contribution is 0.0929. The molecule has 0 saturated carbocycles. The van der Waals surface area contributed by atoms with Crippen LogP contribution in [0.25, 0.3) is 22.4 Å². The summed E-state index contributed by atoms with van der Waals surface area (Å²) in [6, 6.07) is 13.4. The van der Waals surface area contributed by atoms with Gasteiger partial charge in [-0.3, -0.25) is 4.79 Å². The van der Waals surface area contributed by atoms with Gasteiger partial charge >= 0.3 is 5.63 Å². The maximum absolute atomic E-state index is 13.3. The second-order valence-electron chi connectivity index (χ2n) is 6.15. The summed E-state index contributed by atoms with van der Waals surface area (Å²) in [6.07, 6.45) is 0. The van der Waals surface area contributed by atoms with E-state index >= 15 is 0 Å². The molecular formula is C20H14FN3O4. The molecule has 28 heavy (non-hydrogen) atoms. The predicted molar refractivity (Wildman–Crippen MR) is 98.1 cm³/mol. The van der Waals surface area contributed by atoms with Crippen molar-refractivity contribution in [2.24, 2.45) is 0 Å². The van der Waals surface area contributed by atoms with Crippen molar-refractivity contribution >= 4 is 16.9 Å². The van der Waals surface area contributed by atoms with Gasteiger partial charge in [0.05, 0.1) is 0 Å². The first-order chi connectivity index (χ1) is 13.5. The Labute approximate surface area is 157 Å². The summed E-state index contributed by atoms with van der Waals surface area (Å²) >= 11 is 0. The molecule has 0 fully saturated rings. The van der Waals surface area contributed by atoms with Crippen molar-refractivity contribution in [1.82, 2.24) is 15.5 Å². The van der Waals surface area contributed by atoms with Gasteiger partial charge in [0.25, 0.3) is 5.91 Å². The number of benzene rings is 2. The molecule has 1 unspecified atom stereocenters. The van der Waals surface area contributed by atoms with Crippen molar-refractivity contribution in [1.29, 1.82) is 0 Å². The molecule has 0 aliphatic heterocycles. The highest BCUT2D eigenvalue weighted by Gasteiger charge is 2.21. The average Bonchev–Trinajstić information content (AvgIpc) is 3.18. The number of nitrogens with zero attached hydrogens (tertiary/aromatic N) is 2. The van der Waals surface area contributed by atoms with Gasteiger partial charge in [-0.2, -0.15) is 4.98 Å². The topological polar surface area (TPSA) is 98.2 Å². The average molecular weight is 379 g/mol. The van der Waals surface area contributed by atoms with Gasteiger partial charge in [0, 0.05) is 10.9 Å². The van der Waals surface area contributed by atoms with Crippen LogP contribution in [-0.2, 0) is 0 Å². The number of aromatic nitrogens is 2. The van der Waals surface area contributed by atoms with Gasteiger partial charge in [-0.1, -0.05) is 35.5 Å². The molecule has 4 aromatic rings. The van der Waals surface area contributed by atoms with Gasteiger partial charge in [0.15, 0.2) is 0 Å². The van der Waals surface area contributed by atoms with Gasteiger partial charge < -0.3 is 14.3 Å². The van der Waals surface area contributed by atoms with Crippen LogP contribution in [0.1, 0.15) is 29.2 Å². The van der Waals surface area contributed by atoms with E-state index in [2.05, 4.69) is 15.5 Å². The van der Waals surface area contributed by atoms with Crippen molar-refractivity contribution in [2.45, 2.75) is 13.0 Å². The standard InChI is InChI=1S/C20H14FN3O4/c1-11(19-23-17(24-28-19)13-6-4-7-14(21)9-13)22-18(25)15-10-12-5-2-3-8-16(12)27-20(15)26/h2-11H,1H3,(H,22,25). The van der Waals surface area contributed by atoms with E-state index in [1.54, 1.807) is 37.3 Å². The molecule has 0 spiro atoms. The van der Waals surface area contributed by atoms with Crippen molar-refractivity contribution in [3.8, 4) is 11.4 Å². The maximum atomic E-state index is 13.3. The zero-order valence-electron chi connectivity index (χ0n) is 14.7. The van der Waals surface area contributed by atoms with E-state index in [9.17, 15) is 14.0 Å². The second-order valence-corrected chi connectivity index (χ2v) is 6.15. The van der Waals surface area contributed by atoms with Crippen molar-refractivity contribution < 1.29 is 18.1 Å². The maximum Gasteiger partial charge on any atom is 0.349 e. The first-order valence-corrected chi connectivity index (χ1v) is 8.44. The van der Waals surface area contributed by atoms with E-state index < -0.39 is 23.4 Å². The molecule has 0 aliphatic carbocycles. The Morgan fingerprint density at radius 1 is 1.14 bits per heavy atom. The molecule has 140 valence electrons. The van der Waals surface area contributed by atoms with Crippen LogP contribution in [-0.4, -0.2) is 16.0 Å². The SMILES string of the molecule is CC(NC(=O)c1cc2ccccc2oc1=O)c1nc(-c2cccc(F)c2)no1. The molecule has 4 rings (SSSR count). The van der Waals surface area contributed by atoms with E-state index in [-0.39, 0.29) is 17.3 Å². The zero-order valence-corrected chi connectivity index (χ0v) is 14.7. The second kappa shape index (κ2) is 7.07. The van der Waals surface area contributed by atoms with E-state index in [0.29, 0.717) is 16.5 Å². The third-order valence-electron chi connectivity index (χ3n) is 4.13. The monoisotopic (exact) mass is 379 g/mol. The summed E-state index contributed by atoms with van der Waals surface area (Å²) in [5, 5.41) is 7.06. The Kier molecular flexibility index (Phi) is 4.44. The number of carbonyl (C=O) groups is 1. The van der Waals surface area contributed by atoms with Crippen LogP contribution in [0.15, 0.2) is 68.3 Å². The minimum atomic E-state index is -0.741. The minimum absolute atomic E-state index is 0.123. The summed E-state index contributed by atoms with van der Waals surface area (Å²) < 4.78 is 23.7. The first kappa shape index (κ1) is 17.6. The molecule has 0 aliphatic rings. The van der Waals surface area contributed by atoms with E-state index in [1.807, 2.05) is 0 Å². The van der Waals surface area contributed by atoms with Gasteiger partial charge in [-0.15, -0.1) is 0 Å². The Morgan fingerprint density at radius 3 is 2.79 bits per heavy atom. The molecule has 7 nitrogen and oxygen atoms in total.